The van der Waals surface area contributed by atoms with Gasteiger partial charge in [0.25, 0.3) is 0 Å². The molecule has 3 aromatic rings. The minimum atomic E-state index is -0.206. The first-order chi connectivity index (χ1) is 17.5. The van der Waals surface area contributed by atoms with Gasteiger partial charge in [0.1, 0.15) is 0 Å². The van der Waals surface area contributed by atoms with Crippen LogP contribution in [-0.2, 0) is 22.4 Å². The van der Waals surface area contributed by atoms with E-state index in [4.69, 9.17) is 14.5 Å². The zero-order chi connectivity index (χ0) is 25.3. The number of nitrogens with zero attached hydrogens (tertiary/aromatic N) is 3. The molecule has 1 fully saturated rings. The maximum absolute atomic E-state index is 12.7. The summed E-state index contributed by atoms with van der Waals surface area (Å²) < 4.78 is 11.1. The minimum Gasteiger partial charge on any atom is -0.469 e. The number of carbonyl (C=O) groups is 2. The molecular formula is C29H33N3O4. The lowest BCUT2D eigenvalue weighted by Gasteiger charge is -2.31. The smallest absolute Gasteiger partial charge is 0.310 e. The average Bonchev–Trinajstić information content (AvgIpc) is 2.91. The van der Waals surface area contributed by atoms with Crippen LogP contribution < -0.4 is 9.64 Å². The number of Topliss-reactive ketones (excluding diaryl/α,β-unsaturated/α-hetero) is 1. The molecule has 188 valence electrons. The molecule has 7 nitrogen and oxygen atoms in total. The van der Waals surface area contributed by atoms with Crippen LogP contribution in [0.5, 0.6) is 5.88 Å². The lowest BCUT2D eigenvalue weighted by molar-refractivity contribution is -0.148. The van der Waals surface area contributed by atoms with E-state index in [9.17, 15) is 9.59 Å². The maximum Gasteiger partial charge on any atom is 0.310 e. The monoisotopic (exact) mass is 487 g/mol. The second-order valence-corrected chi connectivity index (χ2v) is 9.10. The van der Waals surface area contributed by atoms with Crippen molar-refractivity contribution in [2.24, 2.45) is 5.92 Å². The zero-order valence-corrected chi connectivity index (χ0v) is 21.0. The molecule has 1 atom stereocenters. The standard InChI is InChI=1S/C29H33N3O4/c1-3-35-28(34)24-10-7-17-32(19-24)29-30-25(16-13-22-8-5-4-6-9-22)18-27(31-29)36-20-26(33)23-14-11-21(2)12-15-23/h4-6,8-9,11-12,14-15,18,24H,3,7,10,13,16-17,19-20H2,1-2H3. The lowest BCUT2D eigenvalue weighted by Crippen LogP contribution is -2.40. The molecule has 4 rings (SSSR count). The number of rotatable bonds is 10. The summed E-state index contributed by atoms with van der Waals surface area (Å²) in [6.07, 6.45) is 3.17. The molecule has 1 aromatic heterocycles. The highest BCUT2D eigenvalue weighted by Crippen LogP contribution is 2.24. The van der Waals surface area contributed by atoms with E-state index in [1.807, 2.05) is 55.1 Å². The summed E-state index contributed by atoms with van der Waals surface area (Å²) in [6, 6.07) is 19.5. The number of ketones is 1. The molecule has 36 heavy (non-hydrogen) atoms. The molecule has 0 bridgehead atoms. The van der Waals surface area contributed by atoms with Crippen molar-refractivity contribution in [3.63, 3.8) is 0 Å². The van der Waals surface area contributed by atoms with Crippen molar-refractivity contribution in [3.8, 4) is 5.88 Å². The normalized spacial score (nSPS) is 15.4. The van der Waals surface area contributed by atoms with Gasteiger partial charge in [-0.25, -0.2) is 4.98 Å². The summed E-state index contributed by atoms with van der Waals surface area (Å²) in [7, 11) is 0. The molecule has 2 aromatic carbocycles. The van der Waals surface area contributed by atoms with Crippen LogP contribution >= 0.6 is 0 Å². The van der Waals surface area contributed by atoms with Crippen molar-refractivity contribution in [2.75, 3.05) is 31.2 Å². The minimum absolute atomic E-state index is 0.108. The van der Waals surface area contributed by atoms with Crippen molar-refractivity contribution in [1.82, 2.24) is 9.97 Å². The van der Waals surface area contributed by atoms with Gasteiger partial charge in [0, 0.05) is 24.7 Å². The first-order valence-corrected chi connectivity index (χ1v) is 12.6. The Kier molecular flexibility index (Phi) is 8.66. The number of carbonyl (C=O) groups excluding carboxylic acids is 2. The SMILES string of the molecule is CCOC(=O)C1CCCN(c2nc(CCc3ccccc3)cc(OCC(=O)c3ccc(C)cc3)n2)C1. The van der Waals surface area contributed by atoms with Crippen LogP contribution in [-0.4, -0.2) is 48.0 Å². The van der Waals surface area contributed by atoms with Gasteiger partial charge in [0.15, 0.2) is 12.4 Å². The highest BCUT2D eigenvalue weighted by Gasteiger charge is 2.28. The molecular weight excluding hydrogens is 454 g/mol. The van der Waals surface area contributed by atoms with Gasteiger partial charge in [-0.2, -0.15) is 4.98 Å². The van der Waals surface area contributed by atoms with Crippen LogP contribution in [0.15, 0.2) is 60.7 Å². The van der Waals surface area contributed by atoms with E-state index in [1.54, 1.807) is 12.1 Å². The number of aromatic nitrogens is 2. The Labute approximate surface area is 212 Å². The molecule has 1 aliphatic rings. The molecule has 1 aliphatic heterocycles. The van der Waals surface area contributed by atoms with Gasteiger partial charge < -0.3 is 14.4 Å². The molecule has 0 aliphatic carbocycles. The Hall–Kier alpha value is -3.74. The summed E-state index contributed by atoms with van der Waals surface area (Å²) in [4.78, 5) is 36.5. The molecule has 0 N–H and O–H groups in total. The van der Waals surface area contributed by atoms with Gasteiger partial charge in [-0.15, -0.1) is 0 Å². The number of aryl methyl sites for hydroxylation is 3. The summed E-state index contributed by atoms with van der Waals surface area (Å²) in [5.74, 6) is 0.390. The van der Waals surface area contributed by atoms with E-state index in [1.165, 1.54) is 5.56 Å². The molecule has 0 amide bonds. The third-order valence-electron chi connectivity index (χ3n) is 6.31. The molecule has 0 radical (unpaired) electrons. The summed E-state index contributed by atoms with van der Waals surface area (Å²) in [5, 5.41) is 0. The van der Waals surface area contributed by atoms with E-state index in [2.05, 4.69) is 17.1 Å². The topological polar surface area (TPSA) is 81.6 Å². The number of esters is 1. The van der Waals surface area contributed by atoms with Crippen LogP contribution in [0.3, 0.4) is 0 Å². The number of hydrogen-bond donors (Lipinski definition) is 0. The molecule has 0 spiro atoms. The van der Waals surface area contributed by atoms with Crippen LogP contribution in [0, 0.1) is 12.8 Å². The Morgan fingerprint density at radius 3 is 2.56 bits per heavy atom. The number of ether oxygens (including phenoxy) is 2. The van der Waals surface area contributed by atoms with Crippen molar-refractivity contribution in [1.29, 1.82) is 0 Å². The van der Waals surface area contributed by atoms with Gasteiger partial charge in [0.05, 0.1) is 18.2 Å². The largest absolute Gasteiger partial charge is 0.469 e. The van der Waals surface area contributed by atoms with Gasteiger partial charge in [-0.1, -0.05) is 60.2 Å². The van der Waals surface area contributed by atoms with E-state index >= 15 is 0 Å². The van der Waals surface area contributed by atoms with Crippen LogP contribution in [0.25, 0.3) is 0 Å². The molecule has 0 saturated carbocycles. The molecule has 2 heterocycles. The first-order valence-electron chi connectivity index (χ1n) is 12.6. The summed E-state index contributed by atoms with van der Waals surface area (Å²) >= 11 is 0. The second kappa shape index (κ2) is 12.3. The van der Waals surface area contributed by atoms with Gasteiger partial charge in [-0.3, -0.25) is 9.59 Å². The Bertz CT molecular complexity index is 1160. The fourth-order valence-corrected chi connectivity index (χ4v) is 4.29. The number of benzene rings is 2. The predicted molar refractivity (Wildman–Crippen MR) is 138 cm³/mol. The Morgan fingerprint density at radius 2 is 1.81 bits per heavy atom. The van der Waals surface area contributed by atoms with Crippen LogP contribution in [0.4, 0.5) is 5.95 Å². The third-order valence-corrected chi connectivity index (χ3v) is 6.31. The van der Waals surface area contributed by atoms with E-state index in [0.29, 0.717) is 37.0 Å². The Balaban J connectivity index is 1.52. The van der Waals surface area contributed by atoms with Gasteiger partial charge >= 0.3 is 5.97 Å². The summed E-state index contributed by atoms with van der Waals surface area (Å²) in [5.41, 5.74) is 3.75. The van der Waals surface area contributed by atoms with Crippen molar-refractivity contribution in [3.05, 3.63) is 83.0 Å². The first kappa shape index (κ1) is 25.4. The van der Waals surface area contributed by atoms with E-state index in [0.717, 1.165) is 37.1 Å². The summed E-state index contributed by atoms with van der Waals surface area (Å²) in [6.45, 7) is 5.32. The highest BCUT2D eigenvalue weighted by atomic mass is 16.5. The molecule has 7 heteroatoms. The Morgan fingerprint density at radius 1 is 1.03 bits per heavy atom. The van der Waals surface area contributed by atoms with Crippen molar-refractivity contribution >= 4 is 17.7 Å². The van der Waals surface area contributed by atoms with E-state index in [-0.39, 0.29) is 24.3 Å². The second-order valence-electron chi connectivity index (χ2n) is 9.10. The van der Waals surface area contributed by atoms with E-state index < -0.39 is 0 Å². The fraction of sp³-hybridized carbons (Fsp3) is 0.379. The number of anilines is 1. The molecule has 1 saturated heterocycles. The third kappa shape index (κ3) is 6.90. The lowest BCUT2D eigenvalue weighted by atomic mass is 9.98. The van der Waals surface area contributed by atoms with Crippen LogP contribution in [0.1, 0.15) is 46.9 Å². The van der Waals surface area contributed by atoms with Gasteiger partial charge in [-0.05, 0) is 45.1 Å². The number of piperidine rings is 1. The number of hydrogen-bond acceptors (Lipinski definition) is 7. The van der Waals surface area contributed by atoms with Crippen molar-refractivity contribution < 1.29 is 19.1 Å². The predicted octanol–water partition coefficient (Wildman–Crippen LogP) is 4.61. The average molecular weight is 488 g/mol. The van der Waals surface area contributed by atoms with Crippen molar-refractivity contribution in [2.45, 2.75) is 39.5 Å². The highest BCUT2D eigenvalue weighted by molar-refractivity contribution is 5.97. The van der Waals surface area contributed by atoms with Gasteiger partial charge in [0.2, 0.25) is 11.8 Å². The maximum atomic E-state index is 12.7. The molecule has 1 unspecified atom stereocenters. The van der Waals surface area contributed by atoms with Crippen LogP contribution in [0.2, 0.25) is 0 Å². The quantitative estimate of drug-likeness (QED) is 0.305. The zero-order valence-electron chi connectivity index (χ0n) is 21.0. The fourth-order valence-electron chi connectivity index (χ4n) is 4.29.